The topological polar surface area (TPSA) is 64.6 Å². The minimum Gasteiger partial charge on any atom is -0.477 e. The second-order valence-electron chi connectivity index (χ2n) is 5.76. The van der Waals surface area contributed by atoms with E-state index in [0.29, 0.717) is 16.5 Å². The summed E-state index contributed by atoms with van der Waals surface area (Å²) in [6.45, 7) is 4.88. The molecule has 1 atom stereocenters. The summed E-state index contributed by atoms with van der Waals surface area (Å²) in [6, 6.07) is 10.3. The molecule has 5 nitrogen and oxygen atoms in total. The molecule has 2 aromatic rings. The molecule has 0 unspecified atom stereocenters. The number of ether oxygens (including phenoxy) is 2. The van der Waals surface area contributed by atoms with Crippen LogP contribution >= 0.6 is 23.2 Å². The van der Waals surface area contributed by atoms with Crippen LogP contribution in [0, 0.1) is 13.8 Å². The van der Waals surface area contributed by atoms with Crippen molar-refractivity contribution in [3.8, 4) is 5.75 Å². The van der Waals surface area contributed by atoms with Crippen molar-refractivity contribution in [3.05, 3.63) is 57.6 Å². The fourth-order valence-electron chi connectivity index (χ4n) is 2.25. The number of aryl methyl sites for hydroxylation is 2. The van der Waals surface area contributed by atoms with E-state index >= 15 is 0 Å². The van der Waals surface area contributed by atoms with Gasteiger partial charge in [-0.15, -0.1) is 0 Å². The molecule has 0 radical (unpaired) electrons. The van der Waals surface area contributed by atoms with Gasteiger partial charge in [-0.1, -0.05) is 41.4 Å². The fourth-order valence-corrected chi connectivity index (χ4v) is 2.70. The number of anilines is 1. The molecule has 0 aliphatic heterocycles. The number of hydrogen-bond acceptors (Lipinski definition) is 4. The summed E-state index contributed by atoms with van der Waals surface area (Å²) in [5, 5.41) is 3.49. The number of rotatable bonds is 6. The van der Waals surface area contributed by atoms with E-state index in [1.54, 1.807) is 12.1 Å². The summed E-state index contributed by atoms with van der Waals surface area (Å²) < 4.78 is 10.5. The Bertz CT molecular complexity index is 803. The van der Waals surface area contributed by atoms with E-state index in [2.05, 4.69) is 5.32 Å². The molecule has 1 amide bonds. The van der Waals surface area contributed by atoms with Gasteiger partial charge in [-0.2, -0.15) is 0 Å². The van der Waals surface area contributed by atoms with Gasteiger partial charge in [0.05, 0.1) is 5.02 Å². The molecule has 2 aromatic carbocycles. The van der Waals surface area contributed by atoms with Crippen molar-refractivity contribution >= 4 is 40.8 Å². The maximum absolute atomic E-state index is 12.0. The Morgan fingerprint density at radius 3 is 2.38 bits per heavy atom. The fraction of sp³-hybridized carbons (Fsp3) is 0.263. The van der Waals surface area contributed by atoms with Crippen LogP contribution in [-0.4, -0.2) is 24.6 Å². The molecule has 0 spiro atoms. The highest BCUT2D eigenvalue weighted by molar-refractivity contribution is 6.35. The number of halogens is 2. The van der Waals surface area contributed by atoms with Crippen LogP contribution in [0.3, 0.4) is 0 Å². The molecule has 0 aliphatic rings. The van der Waals surface area contributed by atoms with Gasteiger partial charge in [0.15, 0.2) is 12.7 Å². The van der Waals surface area contributed by atoms with Gasteiger partial charge in [-0.3, -0.25) is 4.79 Å². The normalized spacial score (nSPS) is 11.6. The van der Waals surface area contributed by atoms with Crippen molar-refractivity contribution < 1.29 is 19.1 Å². The predicted molar refractivity (Wildman–Crippen MR) is 102 cm³/mol. The van der Waals surface area contributed by atoms with Crippen LogP contribution in [0.2, 0.25) is 10.0 Å². The highest BCUT2D eigenvalue weighted by atomic mass is 35.5. The third-order valence-electron chi connectivity index (χ3n) is 3.62. The standard InChI is InChI=1S/C19H19Cl2NO4/c1-11-5-4-6-12(2)18(11)22-17(23)10-25-19(24)13(3)26-16-8-7-14(20)9-15(16)21/h4-9,13H,10H2,1-3H3,(H,22,23)/t13-/m1/s1. The van der Waals surface area contributed by atoms with Crippen molar-refractivity contribution in [2.75, 3.05) is 11.9 Å². The summed E-state index contributed by atoms with van der Waals surface area (Å²) in [5.74, 6) is -0.791. The quantitative estimate of drug-likeness (QED) is 0.728. The number of hydrogen-bond donors (Lipinski definition) is 1. The van der Waals surface area contributed by atoms with Crippen molar-refractivity contribution in [1.29, 1.82) is 0 Å². The number of esters is 1. The van der Waals surface area contributed by atoms with Crippen LogP contribution in [0.25, 0.3) is 0 Å². The molecule has 0 saturated carbocycles. The minimum absolute atomic E-state index is 0.282. The van der Waals surface area contributed by atoms with Crippen LogP contribution in [0.4, 0.5) is 5.69 Å². The van der Waals surface area contributed by atoms with Gasteiger partial charge < -0.3 is 14.8 Å². The van der Waals surface area contributed by atoms with Crippen LogP contribution < -0.4 is 10.1 Å². The number of para-hydroxylation sites is 1. The Labute approximate surface area is 162 Å². The second-order valence-corrected chi connectivity index (χ2v) is 6.60. The van der Waals surface area contributed by atoms with Gasteiger partial charge in [0.25, 0.3) is 5.91 Å². The second kappa shape index (κ2) is 8.92. The average Bonchev–Trinajstić information content (AvgIpc) is 2.58. The predicted octanol–water partition coefficient (Wildman–Crippen LogP) is 4.56. The van der Waals surface area contributed by atoms with E-state index in [1.807, 2.05) is 32.0 Å². The monoisotopic (exact) mass is 395 g/mol. The highest BCUT2D eigenvalue weighted by Crippen LogP contribution is 2.28. The smallest absolute Gasteiger partial charge is 0.347 e. The number of benzene rings is 2. The van der Waals surface area contributed by atoms with Gasteiger partial charge >= 0.3 is 5.97 Å². The van der Waals surface area contributed by atoms with Gasteiger partial charge in [0.1, 0.15) is 5.75 Å². The number of nitrogens with one attached hydrogen (secondary N) is 1. The van der Waals surface area contributed by atoms with E-state index in [-0.39, 0.29) is 5.02 Å². The molecular weight excluding hydrogens is 377 g/mol. The molecule has 0 aromatic heterocycles. The third-order valence-corrected chi connectivity index (χ3v) is 4.15. The van der Waals surface area contributed by atoms with E-state index < -0.39 is 24.6 Å². The summed E-state index contributed by atoms with van der Waals surface area (Å²) in [6.07, 6.45) is -0.929. The van der Waals surface area contributed by atoms with Crippen LogP contribution in [-0.2, 0) is 14.3 Å². The van der Waals surface area contributed by atoms with Crippen LogP contribution in [0.15, 0.2) is 36.4 Å². The zero-order valence-electron chi connectivity index (χ0n) is 14.6. The SMILES string of the molecule is Cc1cccc(C)c1NC(=O)COC(=O)[C@@H](C)Oc1ccc(Cl)cc1Cl. The first kappa shape index (κ1) is 20.1. The van der Waals surface area contributed by atoms with Gasteiger partial charge in [-0.05, 0) is 50.1 Å². The molecule has 0 fully saturated rings. The third kappa shape index (κ3) is 5.38. The number of carbonyl (C=O) groups excluding carboxylic acids is 2. The van der Waals surface area contributed by atoms with Crippen LogP contribution in [0.1, 0.15) is 18.1 Å². The minimum atomic E-state index is -0.929. The molecule has 0 bridgehead atoms. The lowest BCUT2D eigenvalue weighted by Crippen LogP contribution is -2.30. The molecule has 2 rings (SSSR count). The Kier molecular flexibility index (Phi) is 6.89. The van der Waals surface area contributed by atoms with E-state index in [4.69, 9.17) is 32.7 Å². The van der Waals surface area contributed by atoms with Gasteiger partial charge in [-0.25, -0.2) is 4.79 Å². The maximum Gasteiger partial charge on any atom is 0.347 e. The van der Waals surface area contributed by atoms with E-state index in [1.165, 1.54) is 13.0 Å². The molecule has 1 N–H and O–H groups in total. The lowest BCUT2D eigenvalue weighted by atomic mass is 10.1. The molecule has 7 heteroatoms. The lowest BCUT2D eigenvalue weighted by molar-refractivity contribution is -0.153. The van der Waals surface area contributed by atoms with E-state index in [9.17, 15) is 9.59 Å². The first-order valence-corrected chi connectivity index (χ1v) is 8.68. The molecule has 0 heterocycles. The Morgan fingerprint density at radius 2 is 1.77 bits per heavy atom. The Balaban J connectivity index is 1.88. The summed E-state index contributed by atoms with van der Waals surface area (Å²) in [7, 11) is 0. The molecule has 0 aliphatic carbocycles. The number of carbonyl (C=O) groups is 2. The Hall–Kier alpha value is -2.24. The highest BCUT2D eigenvalue weighted by Gasteiger charge is 2.19. The Morgan fingerprint density at radius 1 is 1.12 bits per heavy atom. The largest absolute Gasteiger partial charge is 0.477 e. The van der Waals surface area contributed by atoms with Gasteiger partial charge in [0, 0.05) is 10.7 Å². The zero-order valence-corrected chi connectivity index (χ0v) is 16.1. The first-order chi connectivity index (χ1) is 12.3. The summed E-state index contributed by atoms with van der Waals surface area (Å²) in [4.78, 5) is 24.0. The van der Waals surface area contributed by atoms with Crippen molar-refractivity contribution in [3.63, 3.8) is 0 Å². The molecule has 26 heavy (non-hydrogen) atoms. The molecular formula is C19H19Cl2NO4. The summed E-state index contributed by atoms with van der Waals surface area (Å²) >= 11 is 11.8. The number of amides is 1. The van der Waals surface area contributed by atoms with Crippen molar-refractivity contribution in [2.45, 2.75) is 26.9 Å². The molecule has 0 saturated heterocycles. The zero-order chi connectivity index (χ0) is 19.3. The van der Waals surface area contributed by atoms with Crippen molar-refractivity contribution in [2.24, 2.45) is 0 Å². The average molecular weight is 396 g/mol. The first-order valence-electron chi connectivity index (χ1n) is 7.92. The summed E-state index contributed by atoms with van der Waals surface area (Å²) in [5.41, 5.74) is 2.57. The van der Waals surface area contributed by atoms with Crippen molar-refractivity contribution in [1.82, 2.24) is 0 Å². The van der Waals surface area contributed by atoms with Gasteiger partial charge in [0.2, 0.25) is 0 Å². The lowest BCUT2D eigenvalue weighted by Gasteiger charge is -2.15. The van der Waals surface area contributed by atoms with Crippen LogP contribution in [0.5, 0.6) is 5.75 Å². The maximum atomic E-state index is 12.0. The van der Waals surface area contributed by atoms with E-state index in [0.717, 1.165) is 11.1 Å². The molecule has 138 valence electrons.